The summed E-state index contributed by atoms with van der Waals surface area (Å²) in [5.41, 5.74) is 0. The van der Waals surface area contributed by atoms with Gasteiger partial charge < -0.3 is 10.2 Å². The largest absolute Gasteiger partial charge is 0.314 e. The number of likely N-dealkylation sites (N-methyl/N-ethyl adjacent to an activating group) is 1. The van der Waals surface area contributed by atoms with Gasteiger partial charge in [-0.3, -0.25) is 0 Å². The molecule has 1 fully saturated rings. The Labute approximate surface area is 44.5 Å². The summed E-state index contributed by atoms with van der Waals surface area (Å²) in [4.78, 5) is 2.33. The van der Waals surface area contributed by atoms with Crippen LogP contribution in [0.1, 0.15) is 0 Å². The van der Waals surface area contributed by atoms with Gasteiger partial charge in [-0.05, 0) is 7.05 Å². The lowest BCUT2D eigenvalue weighted by Crippen LogP contribution is -2.40. The van der Waals surface area contributed by atoms with Crippen molar-refractivity contribution >= 4 is 0 Å². The van der Waals surface area contributed by atoms with Crippen LogP contribution in [0.3, 0.4) is 0 Å². The first-order valence-electron chi connectivity index (χ1n) is 2.79. The van der Waals surface area contributed by atoms with Crippen LogP contribution in [0.25, 0.3) is 0 Å². The summed E-state index contributed by atoms with van der Waals surface area (Å²) >= 11 is 0. The monoisotopic (exact) mass is 101 g/mol. The number of hydrogen-bond donors (Lipinski definition) is 1. The predicted octanol–water partition coefficient (Wildman–Crippen LogP) is -0.479. The first kappa shape index (κ1) is 5.06. The molecule has 0 aromatic rings. The van der Waals surface area contributed by atoms with Gasteiger partial charge in [0.15, 0.2) is 0 Å². The second-order valence-corrected chi connectivity index (χ2v) is 2.05. The van der Waals surface area contributed by atoms with Crippen LogP contribution in [0, 0.1) is 0 Å². The molecular weight excluding hydrogens is 89.1 g/mol. The van der Waals surface area contributed by atoms with Gasteiger partial charge in [-0.1, -0.05) is 0 Å². The zero-order valence-electron chi connectivity index (χ0n) is 4.78. The van der Waals surface area contributed by atoms with E-state index in [9.17, 15) is 0 Å². The lowest BCUT2D eigenvalue weighted by atomic mass is 10.5. The molecule has 1 aliphatic rings. The van der Waals surface area contributed by atoms with Gasteiger partial charge in [0, 0.05) is 26.2 Å². The van der Waals surface area contributed by atoms with Gasteiger partial charge in [0.25, 0.3) is 0 Å². The van der Waals surface area contributed by atoms with Crippen LogP contribution in [-0.4, -0.2) is 38.1 Å². The Morgan fingerprint density at radius 3 is 2.14 bits per heavy atom. The Balaban J connectivity index is 2.12. The molecule has 0 atom stereocenters. The highest BCUT2D eigenvalue weighted by Crippen LogP contribution is 1.82. The van der Waals surface area contributed by atoms with Gasteiger partial charge in [-0.2, -0.15) is 0 Å². The van der Waals surface area contributed by atoms with Crippen LogP contribution in [0.4, 0.5) is 0 Å². The molecule has 0 aromatic heterocycles. The molecule has 0 spiro atoms. The summed E-state index contributed by atoms with van der Waals surface area (Å²) in [6.07, 6.45) is 0. The molecule has 0 bridgehead atoms. The standard InChI is InChI=1S/C5H12N2/c1-7-4-2-6-3-5-7/h6H,2-5H2,1H3/i7+1. The minimum Gasteiger partial charge on any atom is -0.314 e. The first-order chi connectivity index (χ1) is 3.39. The highest BCUT2D eigenvalue weighted by atomic mass is 15.8. The number of piperazine rings is 1. The average Bonchev–Trinajstić information content (AvgIpc) is 1.69. The summed E-state index contributed by atoms with van der Waals surface area (Å²) < 4.78 is 0. The van der Waals surface area contributed by atoms with Crippen LogP contribution < -0.4 is 5.32 Å². The molecule has 2 heteroatoms. The van der Waals surface area contributed by atoms with Gasteiger partial charge in [0.05, 0.1) is 0 Å². The average molecular weight is 101 g/mol. The highest BCUT2D eigenvalue weighted by Gasteiger charge is 2.01. The van der Waals surface area contributed by atoms with E-state index in [1.54, 1.807) is 0 Å². The molecule has 1 aliphatic heterocycles. The highest BCUT2D eigenvalue weighted by molar-refractivity contribution is 4.62. The van der Waals surface area contributed by atoms with Crippen LogP contribution >= 0.6 is 0 Å². The molecule has 42 valence electrons. The van der Waals surface area contributed by atoms with Crippen LogP contribution in [0.15, 0.2) is 0 Å². The van der Waals surface area contributed by atoms with Crippen molar-refractivity contribution in [1.29, 1.82) is 0 Å². The number of nitrogens with one attached hydrogen (secondary N) is 1. The van der Waals surface area contributed by atoms with Crippen molar-refractivity contribution in [2.45, 2.75) is 0 Å². The van der Waals surface area contributed by atoms with Gasteiger partial charge >= 0.3 is 0 Å². The topological polar surface area (TPSA) is 15.3 Å². The van der Waals surface area contributed by atoms with E-state index in [-0.39, 0.29) is 0 Å². The van der Waals surface area contributed by atoms with E-state index in [0.717, 1.165) is 13.1 Å². The second-order valence-electron chi connectivity index (χ2n) is 2.05. The van der Waals surface area contributed by atoms with E-state index < -0.39 is 0 Å². The third-order valence-corrected chi connectivity index (χ3v) is 1.34. The Hall–Kier alpha value is -0.0800. The van der Waals surface area contributed by atoms with Crippen molar-refractivity contribution in [2.24, 2.45) is 0 Å². The fourth-order valence-corrected chi connectivity index (χ4v) is 0.777. The maximum Gasteiger partial charge on any atom is 0.0104 e. The van der Waals surface area contributed by atoms with Crippen LogP contribution in [0.5, 0.6) is 0 Å². The summed E-state index contributed by atoms with van der Waals surface area (Å²) in [6.45, 7) is 4.74. The van der Waals surface area contributed by atoms with Gasteiger partial charge in [-0.15, -0.1) is 0 Å². The van der Waals surface area contributed by atoms with E-state index in [0.29, 0.717) is 0 Å². The van der Waals surface area contributed by atoms with Crippen molar-refractivity contribution in [3.05, 3.63) is 0 Å². The van der Waals surface area contributed by atoms with E-state index >= 15 is 0 Å². The quantitative estimate of drug-likeness (QED) is 0.415. The molecule has 0 aromatic carbocycles. The molecule has 0 unspecified atom stereocenters. The Morgan fingerprint density at radius 1 is 1.29 bits per heavy atom. The maximum atomic E-state index is 3.27. The van der Waals surface area contributed by atoms with E-state index in [1.165, 1.54) is 13.1 Å². The van der Waals surface area contributed by atoms with Crippen molar-refractivity contribution in [1.82, 2.24) is 10.2 Å². The molecule has 0 amide bonds. The summed E-state index contributed by atoms with van der Waals surface area (Å²) in [5, 5.41) is 3.27. The molecule has 1 N–H and O–H groups in total. The number of nitrogens with zero attached hydrogens (tertiary/aromatic N) is 1. The molecule has 7 heavy (non-hydrogen) atoms. The van der Waals surface area contributed by atoms with Crippen molar-refractivity contribution < 1.29 is 0 Å². The number of hydrogen-bond acceptors (Lipinski definition) is 2. The SMILES string of the molecule is C[15N]1CCNCC1. The molecule has 0 radical (unpaired) electrons. The fraction of sp³-hybridized carbons (Fsp3) is 1.00. The molecular formula is C5H12N2. The zero-order valence-corrected chi connectivity index (χ0v) is 4.78. The minimum atomic E-state index is 1.16. The molecule has 0 saturated carbocycles. The van der Waals surface area contributed by atoms with Crippen molar-refractivity contribution in [2.75, 3.05) is 33.2 Å². The molecule has 1 saturated heterocycles. The molecule has 1 rings (SSSR count). The van der Waals surface area contributed by atoms with Crippen molar-refractivity contribution in [3.8, 4) is 0 Å². The normalized spacial score (nSPS) is 25.3. The lowest BCUT2D eigenvalue weighted by Gasteiger charge is -2.21. The van der Waals surface area contributed by atoms with Gasteiger partial charge in [0.2, 0.25) is 0 Å². The third-order valence-electron chi connectivity index (χ3n) is 1.34. The van der Waals surface area contributed by atoms with E-state index in [4.69, 9.17) is 0 Å². The predicted molar refractivity (Wildman–Crippen MR) is 30.4 cm³/mol. The summed E-state index contributed by atoms with van der Waals surface area (Å²) in [6, 6.07) is 0. The van der Waals surface area contributed by atoms with E-state index in [2.05, 4.69) is 17.3 Å². The Morgan fingerprint density at radius 2 is 1.86 bits per heavy atom. The summed E-state index contributed by atoms with van der Waals surface area (Å²) in [5.74, 6) is 0. The Bertz CT molecular complexity index is 48.0. The molecule has 2 nitrogen and oxygen atoms in total. The van der Waals surface area contributed by atoms with Gasteiger partial charge in [-0.25, -0.2) is 0 Å². The van der Waals surface area contributed by atoms with Crippen LogP contribution in [-0.2, 0) is 0 Å². The smallest absolute Gasteiger partial charge is 0.0104 e. The molecule has 1 heterocycles. The van der Waals surface area contributed by atoms with Crippen LogP contribution in [0.2, 0.25) is 0 Å². The lowest BCUT2D eigenvalue weighted by molar-refractivity contribution is 0.291. The summed E-state index contributed by atoms with van der Waals surface area (Å²) in [7, 11) is 2.15. The zero-order chi connectivity index (χ0) is 5.11. The second kappa shape index (κ2) is 2.28. The number of rotatable bonds is 0. The third kappa shape index (κ3) is 1.45. The molecule has 0 aliphatic carbocycles. The Kier molecular flexibility index (Phi) is 1.65. The van der Waals surface area contributed by atoms with Gasteiger partial charge in [0.1, 0.15) is 0 Å². The fourth-order valence-electron chi connectivity index (χ4n) is 0.777. The van der Waals surface area contributed by atoms with Crippen molar-refractivity contribution in [3.63, 3.8) is 0 Å². The maximum absolute atomic E-state index is 3.27. The minimum absolute atomic E-state index is 1.16. The van der Waals surface area contributed by atoms with E-state index in [1.807, 2.05) is 0 Å². The first-order valence-corrected chi connectivity index (χ1v) is 2.79.